The zero-order chi connectivity index (χ0) is 14.4. The number of carbonyl (C=O) groups excluding carboxylic acids is 2. The Morgan fingerprint density at radius 2 is 1.74 bits per heavy atom. The summed E-state index contributed by atoms with van der Waals surface area (Å²) in [4.78, 5) is 28.3. The van der Waals surface area contributed by atoms with Crippen molar-refractivity contribution in [1.29, 1.82) is 0 Å². The number of amides is 1. The summed E-state index contributed by atoms with van der Waals surface area (Å²) in [6.45, 7) is 5.56. The van der Waals surface area contributed by atoms with E-state index >= 15 is 0 Å². The van der Waals surface area contributed by atoms with Crippen LogP contribution in [0.3, 0.4) is 0 Å². The van der Waals surface area contributed by atoms with Gasteiger partial charge in [-0.3, -0.25) is 4.79 Å². The fourth-order valence-electron chi connectivity index (χ4n) is 2.39. The summed E-state index contributed by atoms with van der Waals surface area (Å²) in [5.74, 6) is -0.599. The van der Waals surface area contributed by atoms with Gasteiger partial charge in [-0.1, -0.05) is 40.0 Å². The Morgan fingerprint density at radius 1 is 1.16 bits per heavy atom. The van der Waals surface area contributed by atoms with Gasteiger partial charge in [-0.15, -0.1) is 0 Å². The maximum absolute atomic E-state index is 11.9. The monoisotopic (exact) mass is 270 g/mol. The average Bonchev–Trinajstić information content (AvgIpc) is 2.43. The van der Waals surface area contributed by atoms with Gasteiger partial charge in [-0.2, -0.15) is 5.48 Å². The lowest BCUT2D eigenvalue weighted by atomic mass is 9.81. The van der Waals surface area contributed by atoms with Gasteiger partial charge in [0.1, 0.15) is 0 Å². The molecule has 1 amide bonds. The largest absolute Gasteiger partial charge is 0.340 e. The minimum Gasteiger partial charge on any atom is -0.340 e. The Morgan fingerprint density at radius 3 is 2.26 bits per heavy atom. The molecule has 5 heteroatoms. The molecule has 1 saturated carbocycles. The highest BCUT2D eigenvalue weighted by atomic mass is 16.7. The summed E-state index contributed by atoms with van der Waals surface area (Å²) in [5.41, 5.74) is 7.83. The van der Waals surface area contributed by atoms with Crippen LogP contribution in [0.2, 0.25) is 0 Å². The van der Waals surface area contributed by atoms with E-state index in [-0.39, 0.29) is 17.8 Å². The number of hydrogen-bond acceptors (Lipinski definition) is 4. The summed E-state index contributed by atoms with van der Waals surface area (Å²) in [6.07, 6.45) is 5.73. The molecule has 0 aromatic heterocycles. The van der Waals surface area contributed by atoms with Crippen LogP contribution in [0.4, 0.5) is 0 Å². The van der Waals surface area contributed by atoms with Gasteiger partial charge in [0.15, 0.2) is 0 Å². The van der Waals surface area contributed by atoms with E-state index in [0.717, 1.165) is 12.8 Å². The SMILES string of the molecule is CC(C)[C@H](N)C(=O)NOC(=O)[C@@H](C)C1CCCCC1. The number of nitrogens with one attached hydrogen (secondary N) is 1. The molecule has 0 aromatic rings. The van der Waals surface area contributed by atoms with Gasteiger partial charge >= 0.3 is 5.97 Å². The standard InChI is InChI=1S/C14H26N2O3/c1-9(2)12(15)13(17)16-19-14(18)10(3)11-7-5-4-6-8-11/h9-12H,4-8,15H2,1-3H3,(H,16,17)/t10-,12-/m0/s1. The number of nitrogens with two attached hydrogens (primary N) is 1. The molecule has 5 nitrogen and oxygen atoms in total. The Balaban J connectivity index is 2.35. The highest BCUT2D eigenvalue weighted by molar-refractivity contribution is 5.82. The van der Waals surface area contributed by atoms with Crippen LogP contribution in [0.15, 0.2) is 0 Å². The second kappa shape index (κ2) is 7.48. The van der Waals surface area contributed by atoms with E-state index in [2.05, 4.69) is 5.48 Å². The molecule has 0 saturated heterocycles. The summed E-state index contributed by atoms with van der Waals surface area (Å²) in [6, 6.07) is -0.655. The molecule has 1 rings (SSSR count). The van der Waals surface area contributed by atoms with Crippen LogP contribution in [-0.4, -0.2) is 17.9 Å². The summed E-state index contributed by atoms with van der Waals surface area (Å²) in [7, 11) is 0. The molecule has 0 aliphatic heterocycles. The van der Waals surface area contributed by atoms with Crippen LogP contribution in [0.5, 0.6) is 0 Å². The van der Waals surface area contributed by atoms with Crippen LogP contribution >= 0.6 is 0 Å². The van der Waals surface area contributed by atoms with E-state index in [1.807, 2.05) is 20.8 Å². The first-order valence-corrected chi connectivity index (χ1v) is 7.19. The molecule has 1 aliphatic rings. The van der Waals surface area contributed by atoms with E-state index in [0.29, 0.717) is 5.92 Å². The summed E-state index contributed by atoms with van der Waals surface area (Å²) >= 11 is 0. The number of hydrogen-bond donors (Lipinski definition) is 2. The highest BCUT2D eigenvalue weighted by Gasteiger charge is 2.28. The number of rotatable bonds is 4. The molecule has 0 bridgehead atoms. The maximum atomic E-state index is 11.9. The normalized spacial score (nSPS) is 19.8. The topological polar surface area (TPSA) is 81.4 Å². The van der Waals surface area contributed by atoms with Crippen molar-refractivity contribution in [2.45, 2.75) is 58.9 Å². The van der Waals surface area contributed by atoms with Crippen LogP contribution in [0.25, 0.3) is 0 Å². The molecular weight excluding hydrogens is 244 g/mol. The van der Waals surface area contributed by atoms with Crippen molar-refractivity contribution >= 4 is 11.9 Å². The van der Waals surface area contributed by atoms with Crippen LogP contribution in [0.1, 0.15) is 52.9 Å². The van der Waals surface area contributed by atoms with Crippen molar-refractivity contribution in [1.82, 2.24) is 5.48 Å². The van der Waals surface area contributed by atoms with Gasteiger partial charge < -0.3 is 10.6 Å². The van der Waals surface area contributed by atoms with Crippen LogP contribution in [-0.2, 0) is 14.4 Å². The van der Waals surface area contributed by atoms with Crippen LogP contribution in [0, 0.1) is 17.8 Å². The first-order valence-electron chi connectivity index (χ1n) is 7.19. The first kappa shape index (κ1) is 16.0. The molecule has 0 spiro atoms. The van der Waals surface area contributed by atoms with Crippen molar-refractivity contribution in [2.75, 3.05) is 0 Å². The lowest BCUT2D eigenvalue weighted by Gasteiger charge is -2.26. The number of carbonyl (C=O) groups is 2. The lowest BCUT2D eigenvalue weighted by molar-refractivity contribution is -0.164. The third kappa shape index (κ3) is 4.82. The molecule has 0 heterocycles. The van der Waals surface area contributed by atoms with Gasteiger partial charge in [0.05, 0.1) is 12.0 Å². The van der Waals surface area contributed by atoms with E-state index in [1.165, 1.54) is 19.3 Å². The molecule has 19 heavy (non-hydrogen) atoms. The Kier molecular flexibility index (Phi) is 6.28. The van der Waals surface area contributed by atoms with Crippen molar-refractivity contribution in [3.8, 4) is 0 Å². The molecule has 0 aromatic carbocycles. The fraction of sp³-hybridized carbons (Fsp3) is 0.857. The van der Waals surface area contributed by atoms with Crippen molar-refractivity contribution in [3.63, 3.8) is 0 Å². The second-order valence-electron chi connectivity index (χ2n) is 5.84. The Bertz CT molecular complexity index is 312. The zero-order valence-corrected chi connectivity index (χ0v) is 12.1. The molecule has 1 fully saturated rings. The quantitative estimate of drug-likeness (QED) is 0.763. The third-order valence-electron chi connectivity index (χ3n) is 4.00. The van der Waals surface area contributed by atoms with Crippen molar-refractivity contribution in [2.24, 2.45) is 23.5 Å². The van der Waals surface area contributed by atoms with E-state index in [4.69, 9.17) is 10.6 Å². The minimum atomic E-state index is -0.655. The van der Waals surface area contributed by atoms with Crippen molar-refractivity contribution in [3.05, 3.63) is 0 Å². The van der Waals surface area contributed by atoms with Gasteiger partial charge in [-0.25, -0.2) is 4.79 Å². The molecule has 0 unspecified atom stereocenters. The lowest BCUT2D eigenvalue weighted by Crippen LogP contribution is -2.45. The molecule has 0 radical (unpaired) electrons. The Labute approximate surface area is 115 Å². The third-order valence-corrected chi connectivity index (χ3v) is 4.00. The molecular formula is C14H26N2O3. The van der Waals surface area contributed by atoms with E-state index in [9.17, 15) is 9.59 Å². The van der Waals surface area contributed by atoms with E-state index < -0.39 is 11.9 Å². The molecule has 2 atom stereocenters. The molecule has 3 N–H and O–H groups in total. The van der Waals surface area contributed by atoms with Crippen LogP contribution < -0.4 is 11.2 Å². The fourth-order valence-corrected chi connectivity index (χ4v) is 2.39. The van der Waals surface area contributed by atoms with Crippen molar-refractivity contribution < 1.29 is 14.4 Å². The predicted molar refractivity (Wildman–Crippen MR) is 72.8 cm³/mol. The van der Waals surface area contributed by atoms with Gasteiger partial charge in [0.2, 0.25) is 0 Å². The Hall–Kier alpha value is -1.10. The summed E-state index contributed by atoms with van der Waals surface area (Å²) < 4.78 is 0. The molecule has 110 valence electrons. The van der Waals surface area contributed by atoms with Gasteiger partial charge in [0.25, 0.3) is 5.91 Å². The smallest absolute Gasteiger partial charge is 0.335 e. The highest BCUT2D eigenvalue weighted by Crippen LogP contribution is 2.30. The zero-order valence-electron chi connectivity index (χ0n) is 12.1. The second-order valence-corrected chi connectivity index (χ2v) is 5.84. The van der Waals surface area contributed by atoms with Gasteiger partial charge in [0, 0.05) is 0 Å². The summed E-state index contributed by atoms with van der Waals surface area (Å²) in [5, 5.41) is 0. The number of hydroxylamine groups is 1. The predicted octanol–water partition coefficient (Wildman–Crippen LogP) is 1.76. The first-order chi connectivity index (χ1) is 8.93. The minimum absolute atomic E-state index is 0.00877. The van der Waals surface area contributed by atoms with Gasteiger partial charge in [-0.05, 0) is 24.7 Å². The van der Waals surface area contributed by atoms with E-state index in [1.54, 1.807) is 0 Å². The maximum Gasteiger partial charge on any atom is 0.335 e. The average molecular weight is 270 g/mol. The molecule has 1 aliphatic carbocycles.